The molecule has 0 aliphatic rings. The number of benzene rings is 1. The van der Waals surface area contributed by atoms with Gasteiger partial charge in [-0.3, -0.25) is 9.20 Å². The molecule has 25 heavy (non-hydrogen) atoms. The highest BCUT2D eigenvalue weighted by atomic mass is 35.5. The molecule has 0 fully saturated rings. The number of rotatable bonds is 3. The van der Waals surface area contributed by atoms with Crippen LogP contribution in [0.5, 0.6) is 0 Å². The average molecular weight is 369 g/mol. The summed E-state index contributed by atoms with van der Waals surface area (Å²) < 4.78 is 39.9. The van der Waals surface area contributed by atoms with Gasteiger partial charge in [0, 0.05) is 11.8 Å². The fourth-order valence-corrected chi connectivity index (χ4v) is 2.60. The third-order valence-electron chi connectivity index (χ3n) is 3.65. The number of carbonyl (C=O) groups is 1. The Morgan fingerprint density at radius 3 is 2.68 bits per heavy atom. The van der Waals surface area contributed by atoms with Gasteiger partial charge in [-0.05, 0) is 24.6 Å². The van der Waals surface area contributed by atoms with Crippen LogP contribution >= 0.6 is 11.6 Å². The number of carbonyl (C=O) groups excluding carboxylic acids is 1. The van der Waals surface area contributed by atoms with Crippen molar-refractivity contribution in [3.8, 4) is 0 Å². The van der Waals surface area contributed by atoms with E-state index in [4.69, 9.17) is 11.6 Å². The second-order valence-corrected chi connectivity index (χ2v) is 5.79. The Hall–Kier alpha value is -2.61. The van der Waals surface area contributed by atoms with E-state index < -0.39 is 11.7 Å². The van der Waals surface area contributed by atoms with Crippen LogP contribution in [0.15, 0.2) is 36.5 Å². The molecule has 0 saturated carbocycles. The maximum atomic E-state index is 12.9. The smallest absolute Gasteiger partial charge is 0.345 e. The predicted molar refractivity (Wildman–Crippen MR) is 85.3 cm³/mol. The third-order valence-corrected chi connectivity index (χ3v) is 3.93. The Labute approximate surface area is 145 Å². The highest BCUT2D eigenvalue weighted by Gasteiger charge is 2.32. The normalized spacial score (nSPS) is 11.7. The van der Waals surface area contributed by atoms with Gasteiger partial charge < -0.3 is 5.32 Å². The molecule has 0 saturated heterocycles. The first-order valence-electron chi connectivity index (χ1n) is 7.21. The molecule has 0 unspecified atom stereocenters. The Kier molecular flexibility index (Phi) is 4.38. The monoisotopic (exact) mass is 368 g/mol. The minimum absolute atomic E-state index is 0.0913. The molecule has 0 bridgehead atoms. The second kappa shape index (κ2) is 6.36. The van der Waals surface area contributed by atoms with E-state index in [1.54, 1.807) is 31.2 Å². The van der Waals surface area contributed by atoms with Gasteiger partial charge in [-0.15, -0.1) is 10.2 Å². The highest BCUT2D eigenvalue weighted by Crippen LogP contribution is 2.32. The molecule has 0 radical (unpaired) electrons. The van der Waals surface area contributed by atoms with E-state index >= 15 is 0 Å². The van der Waals surface area contributed by atoms with E-state index in [0.717, 1.165) is 22.2 Å². The van der Waals surface area contributed by atoms with Crippen LogP contribution in [0.4, 0.5) is 13.2 Å². The fourth-order valence-electron chi connectivity index (χ4n) is 2.36. The van der Waals surface area contributed by atoms with Gasteiger partial charge in [0.2, 0.25) is 0 Å². The molecule has 9 heteroatoms. The first-order valence-corrected chi connectivity index (χ1v) is 7.59. The number of alkyl halides is 3. The van der Waals surface area contributed by atoms with Crippen molar-refractivity contribution in [1.82, 2.24) is 19.9 Å². The van der Waals surface area contributed by atoms with Crippen molar-refractivity contribution in [3.05, 3.63) is 64.1 Å². The van der Waals surface area contributed by atoms with Gasteiger partial charge in [0.15, 0.2) is 11.5 Å². The Morgan fingerprint density at radius 2 is 2.00 bits per heavy atom. The van der Waals surface area contributed by atoms with Gasteiger partial charge in [0.25, 0.3) is 5.91 Å². The van der Waals surface area contributed by atoms with Gasteiger partial charge in [-0.2, -0.15) is 13.2 Å². The number of halogens is 4. The Bertz CT molecular complexity index is 952. The molecule has 1 N–H and O–H groups in total. The third kappa shape index (κ3) is 3.43. The number of hydrogen-bond donors (Lipinski definition) is 1. The Balaban J connectivity index is 1.88. The van der Waals surface area contributed by atoms with E-state index in [2.05, 4.69) is 15.5 Å². The SMILES string of the molecule is Cc1ccccc1C(=O)NCc1nnc2c(Cl)cc(C(F)(F)F)cn12. The van der Waals surface area contributed by atoms with Crippen LogP contribution in [0.3, 0.4) is 0 Å². The summed E-state index contributed by atoms with van der Waals surface area (Å²) in [5, 5.41) is 10.0. The van der Waals surface area contributed by atoms with Crippen molar-refractivity contribution in [1.29, 1.82) is 0 Å². The van der Waals surface area contributed by atoms with Crippen LogP contribution in [0.1, 0.15) is 27.3 Å². The molecule has 1 aromatic carbocycles. The lowest BCUT2D eigenvalue weighted by Crippen LogP contribution is -2.24. The molecular weight excluding hydrogens is 357 g/mol. The van der Waals surface area contributed by atoms with Crippen molar-refractivity contribution in [2.75, 3.05) is 0 Å². The molecule has 0 atom stereocenters. The van der Waals surface area contributed by atoms with Crippen molar-refractivity contribution < 1.29 is 18.0 Å². The summed E-state index contributed by atoms with van der Waals surface area (Å²) >= 11 is 5.85. The van der Waals surface area contributed by atoms with E-state index in [-0.39, 0.29) is 28.9 Å². The van der Waals surface area contributed by atoms with Crippen LogP contribution in [-0.2, 0) is 12.7 Å². The standard InChI is InChI=1S/C16H12ClF3N4O/c1-9-4-2-3-5-11(9)15(25)21-7-13-22-23-14-12(17)6-10(8-24(13)14)16(18,19)20/h2-6,8H,7H2,1H3,(H,21,25). The van der Waals surface area contributed by atoms with Crippen LogP contribution in [-0.4, -0.2) is 20.5 Å². The van der Waals surface area contributed by atoms with Gasteiger partial charge >= 0.3 is 6.18 Å². The lowest BCUT2D eigenvalue weighted by Gasteiger charge is -2.09. The molecular formula is C16H12ClF3N4O. The number of aryl methyl sites for hydroxylation is 1. The molecule has 0 aliphatic carbocycles. The quantitative estimate of drug-likeness (QED) is 0.767. The maximum absolute atomic E-state index is 12.9. The fraction of sp³-hybridized carbons (Fsp3) is 0.188. The molecule has 130 valence electrons. The zero-order valence-electron chi connectivity index (χ0n) is 12.9. The highest BCUT2D eigenvalue weighted by molar-refractivity contribution is 6.33. The number of nitrogens with zero attached hydrogens (tertiary/aromatic N) is 3. The van der Waals surface area contributed by atoms with Crippen molar-refractivity contribution in [2.45, 2.75) is 19.6 Å². The van der Waals surface area contributed by atoms with Crippen LogP contribution in [0.25, 0.3) is 5.65 Å². The molecule has 0 aliphatic heterocycles. The Morgan fingerprint density at radius 1 is 1.28 bits per heavy atom. The lowest BCUT2D eigenvalue weighted by molar-refractivity contribution is -0.137. The lowest BCUT2D eigenvalue weighted by atomic mass is 10.1. The summed E-state index contributed by atoms with van der Waals surface area (Å²) in [4.78, 5) is 12.2. The first kappa shape index (κ1) is 17.2. The summed E-state index contributed by atoms with van der Waals surface area (Å²) in [5.41, 5.74) is 0.435. The molecule has 2 aromatic heterocycles. The largest absolute Gasteiger partial charge is 0.417 e. The molecule has 5 nitrogen and oxygen atoms in total. The van der Waals surface area contributed by atoms with Crippen molar-refractivity contribution in [3.63, 3.8) is 0 Å². The van der Waals surface area contributed by atoms with E-state index in [9.17, 15) is 18.0 Å². The number of aromatic nitrogens is 3. The van der Waals surface area contributed by atoms with Crippen LogP contribution in [0, 0.1) is 6.92 Å². The van der Waals surface area contributed by atoms with Gasteiger partial charge in [-0.1, -0.05) is 29.8 Å². The molecule has 0 spiro atoms. The molecule has 2 heterocycles. The summed E-state index contributed by atoms with van der Waals surface area (Å²) in [6.07, 6.45) is -3.69. The topological polar surface area (TPSA) is 59.3 Å². The zero-order valence-corrected chi connectivity index (χ0v) is 13.7. The minimum Gasteiger partial charge on any atom is -0.345 e. The summed E-state index contributed by atoms with van der Waals surface area (Å²) in [7, 11) is 0. The number of hydrogen-bond acceptors (Lipinski definition) is 3. The predicted octanol–water partition coefficient (Wildman–Crippen LogP) is 3.64. The number of fused-ring (bicyclic) bond motifs is 1. The maximum Gasteiger partial charge on any atom is 0.417 e. The second-order valence-electron chi connectivity index (χ2n) is 5.38. The minimum atomic E-state index is -4.55. The average Bonchev–Trinajstić information content (AvgIpc) is 2.96. The van der Waals surface area contributed by atoms with Crippen molar-refractivity contribution in [2.24, 2.45) is 0 Å². The summed E-state index contributed by atoms with van der Waals surface area (Å²) in [5.74, 6) is -0.210. The first-order chi connectivity index (χ1) is 11.8. The van der Waals surface area contributed by atoms with E-state index in [1.807, 2.05) is 0 Å². The molecule has 3 rings (SSSR count). The number of pyridine rings is 1. The molecule has 3 aromatic rings. The summed E-state index contributed by atoms with van der Waals surface area (Å²) in [6, 6.07) is 7.77. The van der Waals surface area contributed by atoms with Crippen molar-refractivity contribution >= 4 is 23.2 Å². The van der Waals surface area contributed by atoms with Gasteiger partial charge in [0.1, 0.15) is 0 Å². The summed E-state index contributed by atoms with van der Waals surface area (Å²) in [6.45, 7) is 1.70. The van der Waals surface area contributed by atoms with Crippen LogP contribution < -0.4 is 5.32 Å². The van der Waals surface area contributed by atoms with Gasteiger partial charge in [0.05, 0.1) is 17.1 Å². The number of amides is 1. The number of nitrogens with one attached hydrogen (secondary N) is 1. The van der Waals surface area contributed by atoms with Crippen LogP contribution in [0.2, 0.25) is 5.02 Å². The van der Waals surface area contributed by atoms with E-state index in [1.165, 1.54) is 0 Å². The zero-order chi connectivity index (χ0) is 18.2. The van der Waals surface area contributed by atoms with E-state index in [0.29, 0.717) is 5.56 Å². The van der Waals surface area contributed by atoms with Gasteiger partial charge in [-0.25, -0.2) is 0 Å². The molecule has 1 amide bonds.